The zero-order valence-electron chi connectivity index (χ0n) is 12.8. The fraction of sp³-hybridized carbons (Fsp3) is 0.533. The highest BCUT2D eigenvalue weighted by atomic mass is 79.9. The highest BCUT2D eigenvalue weighted by molar-refractivity contribution is 9.10. The molecular formula is C15H21BrO4. The number of carboxylic acids is 1. The molecule has 0 unspecified atom stereocenters. The van der Waals surface area contributed by atoms with Crippen molar-refractivity contribution in [2.75, 3.05) is 14.2 Å². The van der Waals surface area contributed by atoms with Gasteiger partial charge in [0.2, 0.25) is 0 Å². The van der Waals surface area contributed by atoms with Crippen LogP contribution in [0.25, 0.3) is 0 Å². The van der Waals surface area contributed by atoms with E-state index in [2.05, 4.69) is 15.9 Å². The quantitative estimate of drug-likeness (QED) is 0.883. The van der Waals surface area contributed by atoms with Crippen molar-refractivity contribution >= 4 is 21.9 Å². The van der Waals surface area contributed by atoms with Gasteiger partial charge in [-0.05, 0) is 39.7 Å². The number of carboxylic acid groups (broad SMARTS) is 1. The van der Waals surface area contributed by atoms with E-state index in [1.165, 1.54) is 0 Å². The van der Waals surface area contributed by atoms with Crippen molar-refractivity contribution < 1.29 is 19.4 Å². The van der Waals surface area contributed by atoms with Gasteiger partial charge >= 0.3 is 5.97 Å². The van der Waals surface area contributed by atoms with E-state index in [1.54, 1.807) is 28.1 Å². The van der Waals surface area contributed by atoms with Crippen LogP contribution in [0.15, 0.2) is 4.47 Å². The molecule has 0 spiro atoms. The highest BCUT2D eigenvalue weighted by Crippen LogP contribution is 2.44. The molecule has 0 heterocycles. The topological polar surface area (TPSA) is 55.8 Å². The molecule has 1 rings (SSSR count). The first-order valence-electron chi connectivity index (χ1n) is 6.30. The van der Waals surface area contributed by atoms with Gasteiger partial charge < -0.3 is 14.6 Å². The Kier molecular flexibility index (Phi) is 5.08. The minimum Gasteiger partial charge on any atom is -0.493 e. The van der Waals surface area contributed by atoms with Gasteiger partial charge in [0.1, 0.15) is 0 Å². The van der Waals surface area contributed by atoms with Gasteiger partial charge in [-0.25, -0.2) is 0 Å². The van der Waals surface area contributed by atoms with Gasteiger partial charge in [0.25, 0.3) is 0 Å². The minimum absolute atomic E-state index is 0.368. The lowest BCUT2D eigenvalue weighted by Gasteiger charge is -2.25. The molecule has 1 aromatic rings. The molecule has 0 aliphatic carbocycles. The maximum atomic E-state index is 11.4. The number of methoxy groups -OCH3 is 2. The summed E-state index contributed by atoms with van der Waals surface area (Å²) in [5, 5.41) is 9.32. The van der Waals surface area contributed by atoms with Crippen LogP contribution >= 0.6 is 15.9 Å². The van der Waals surface area contributed by atoms with E-state index >= 15 is 0 Å². The van der Waals surface area contributed by atoms with Crippen molar-refractivity contribution in [3.8, 4) is 11.5 Å². The molecule has 4 nitrogen and oxygen atoms in total. The summed E-state index contributed by atoms with van der Waals surface area (Å²) in [7, 11) is 3.15. The Hall–Kier alpha value is -1.23. The molecule has 1 N–H and O–H groups in total. The lowest BCUT2D eigenvalue weighted by atomic mass is 9.83. The van der Waals surface area contributed by atoms with Crippen LogP contribution in [0.5, 0.6) is 11.5 Å². The molecule has 0 atom stereocenters. The highest BCUT2D eigenvalue weighted by Gasteiger charge is 2.31. The first-order valence-corrected chi connectivity index (χ1v) is 7.09. The minimum atomic E-state index is -0.877. The Balaban J connectivity index is 3.53. The van der Waals surface area contributed by atoms with Crippen molar-refractivity contribution in [2.24, 2.45) is 5.41 Å². The summed E-state index contributed by atoms with van der Waals surface area (Å²) in [6.45, 7) is 7.29. The molecular weight excluding hydrogens is 324 g/mol. The van der Waals surface area contributed by atoms with E-state index in [4.69, 9.17) is 9.47 Å². The Labute approximate surface area is 128 Å². The van der Waals surface area contributed by atoms with Gasteiger partial charge in [-0.2, -0.15) is 0 Å². The summed E-state index contributed by atoms with van der Waals surface area (Å²) in [6.07, 6.45) is 0.368. The maximum absolute atomic E-state index is 11.4. The van der Waals surface area contributed by atoms with Gasteiger partial charge in [-0.3, -0.25) is 4.79 Å². The largest absolute Gasteiger partial charge is 0.493 e. The molecule has 0 bridgehead atoms. The van der Waals surface area contributed by atoms with Crippen LogP contribution < -0.4 is 9.47 Å². The molecule has 0 saturated heterocycles. The molecule has 1 aromatic carbocycles. The normalized spacial score (nSPS) is 11.3. The van der Waals surface area contributed by atoms with Crippen molar-refractivity contribution in [1.82, 2.24) is 0 Å². The van der Waals surface area contributed by atoms with Crippen molar-refractivity contribution in [3.63, 3.8) is 0 Å². The molecule has 112 valence electrons. The van der Waals surface area contributed by atoms with Crippen molar-refractivity contribution in [1.29, 1.82) is 0 Å². The summed E-state index contributed by atoms with van der Waals surface area (Å²) in [6, 6.07) is 0. The third kappa shape index (κ3) is 2.92. The predicted molar refractivity (Wildman–Crippen MR) is 81.8 cm³/mol. The number of rotatable bonds is 5. The van der Waals surface area contributed by atoms with E-state index < -0.39 is 11.4 Å². The second kappa shape index (κ2) is 6.04. The third-order valence-electron chi connectivity index (χ3n) is 3.54. The maximum Gasteiger partial charge on any atom is 0.309 e. The molecule has 0 aliphatic heterocycles. The van der Waals surface area contributed by atoms with Gasteiger partial charge in [0, 0.05) is 15.6 Å². The SMILES string of the molecule is COc1c(C)c(Br)c(C)c(CC(C)(C)C(=O)O)c1OC. The van der Waals surface area contributed by atoms with Crippen LogP contribution in [-0.2, 0) is 11.2 Å². The molecule has 0 fully saturated rings. The van der Waals surface area contributed by atoms with Crippen LogP contribution in [-0.4, -0.2) is 25.3 Å². The summed E-state index contributed by atoms with van der Waals surface area (Å²) in [5.41, 5.74) is 1.90. The fourth-order valence-electron chi connectivity index (χ4n) is 2.18. The summed E-state index contributed by atoms with van der Waals surface area (Å²) >= 11 is 3.55. The number of aliphatic carboxylic acids is 1. The number of carbonyl (C=O) groups is 1. The summed E-state index contributed by atoms with van der Waals surface area (Å²) in [4.78, 5) is 11.4. The Morgan fingerprint density at radius 2 is 1.65 bits per heavy atom. The predicted octanol–water partition coefficient (Wildman–Crippen LogP) is 3.74. The van der Waals surface area contributed by atoms with Gasteiger partial charge in [0.15, 0.2) is 11.5 Å². The number of halogens is 1. The lowest BCUT2D eigenvalue weighted by molar-refractivity contribution is -0.146. The van der Waals surface area contributed by atoms with E-state index in [-0.39, 0.29) is 0 Å². The fourth-order valence-corrected chi connectivity index (χ4v) is 2.60. The van der Waals surface area contributed by atoms with Gasteiger partial charge in [0.05, 0.1) is 19.6 Å². The zero-order chi connectivity index (χ0) is 15.7. The van der Waals surface area contributed by atoms with E-state index in [0.717, 1.165) is 21.2 Å². The number of ether oxygens (including phenoxy) is 2. The lowest BCUT2D eigenvalue weighted by Crippen LogP contribution is -2.27. The van der Waals surface area contributed by atoms with E-state index in [0.29, 0.717) is 17.9 Å². The van der Waals surface area contributed by atoms with Gasteiger partial charge in [-0.15, -0.1) is 0 Å². The Morgan fingerprint density at radius 3 is 2.05 bits per heavy atom. The van der Waals surface area contributed by atoms with Crippen LogP contribution in [0.2, 0.25) is 0 Å². The Bertz CT molecular complexity index is 535. The van der Waals surface area contributed by atoms with Crippen LogP contribution in [0.1, 0.15) is 30.5 Å². The second-order valence-electron chi connectivity index (χ2n) is 5.47. The van der Waals surface area contributed by atoms with Gasteiger partial charge in [-0.1, -0.05) is 15.9 Å². The Morgan fingerprint density at radius 1 is 1.15 bits per heavy atom. The third-order valence-corrected chi connectivity index (χ3v) is 4.73. The monoisotopic (exact) mass is 344 g/mol. The first-order chi connectivity index (χ1) is 9.17. The molecule has 0 saturated carbocycles. The molecule has 5 heteroatoms. The molecule has 0 radical (unpaired) electrons. The van der Waals surface area contributed by atoms with Crippen LogP contribution in [0, 0.1) is 19.3 Å². The number of hydrogen-bond donors (Lipinski definition) is 1. The van der Waals surface area contributed by atoms with Crippen molar-refractivity contribution in [2.45, 2.75) is 34.1 Å². The average Bonchev–Trinajstić information content (AvgIpc) is 2.38. The van der Waals surface area contributed by atoms with Crippen LogP contribution in [0.4, 0.5) is 0 Å². The zero-order valence-corrected chi connectivity index (χ0v) is 14.3. The number of hydrogen-bond acceptors (Lipinski definition) is 3. The molecule has 0 aromatic heterocycles. The van der Waals surface area contributed by atoms with E-state index in [1.807, 2.05) is 13.8 Å². The van der Waals surface area contributed by atoms with Crippen LogP contribution in [0.3, 0.4) is 0 Å². The smallest absolute Gasteiger partial charge is 0.309 e. The first kappa shape index (κ1) is 16.8. The molecule has 0 aliphatic rings. The molecule has 0 amide bonds. The standard InChI is InChI=1S/C15H21BrO4/c1-8-10(7-15(3,4)14(17)18)13(20-6)12(19-5)9(2)11(8)16/h7H2,1-6H3,(H,17,18). The van der Waals surface area contributed by atoms with E-state index in [9.17, 15) is 9.90 Å². The average molecular weight is 345 g/mol. The second-order valence-corrected chi connectivity index (χ2v) is 6.27. The summed E-state index contributed by atoms with van der Waals surface area (Å²) < 4.78 is 11.8. The molecule has 20 heavy (non-hydrogen) atoms. The number of benzene rings is 1. The van der Waals surface area contributed by atoms with Crippen molar-refractivity contribution in [3.05, 3.63) is 21.2 Å². The summed E-state index contributed by atoms with van der Waals surface area (Å²) in [5.74, 6) is 0.413.